The summed E-state index contributed by atoms with van der Waals surface area (Å²) in [4.78, 5) is 18.1. The minimum absolute atomic E-state index is 0.0814. The average molecular weight is 519 g/mol. The molecule has 0 bridgehead atoms. The van der Waals surface area contributed by atoms with E-state index in [1.807, 2.05) is 54.6 Å². The molecule has 1 saturated heterocycles. The molecule has 192 valence electrons. The molecule has 5 rings (SSSR count). The van der Waals surface area contributed by atoms with Crippen molar-refractivity contribution < 1.29 is 19.7 Å². The topological polar surface area (TPSA) is 82.9 Å². The molecule has 0 atom stereocenters. The van der Waals surface area contributed by atoms with E-state index < -0.39 is 11.6 Å². The summed E-state index contributed by atoms with van der Waals surface area (Å²) in [5, 5.41) is 21.1. The van der Waals surface area contributed by atoms with Crippen LogP contribution in [0, 0.1) is 0 Å². The maximum atomic E-state index is 11.2. The number of pyridine rings is 1. The molecule has 0 radical (unpaired) electrons. The minimum Gasteiger partial charge on any atom is -0.481 e. The van der Waals surface area contributed by atoms with E-state index in [2.05, 4.69) is 16.0 Å². The number of benzene rings is 2. The Morgan fingerprint density at radius 2 is 1.89 bits per heavy atom. The Bertz CT molecular complexity index is 1300. The molecule has 1 aromatic heterocycles. The number of aryl methyl sites for hydroxylation is 1. The molecule has 0 spiro atoms. The van der Waals surface area contributed by atoms with Gasteiger partial charge < -0.3 is 19.8 Å². The smallest absolute Gasteiger partial charge is 0.303 e. The van der Waals surface area contributed by atoms with Crippen LogP contribution in [0.2, 0.25) is 5.02 Å². The Hall–Kier alpha value is -3.19. The van der Waals surface area contributed by atoms with Crippen LogP contribution >= 0.6 is 11.6 Å². The molecule has 0 amide bonds. The Balaban J connectivity index is 1.29. The Morgan fingerprint density at radius 1 is 1.11 bits per heavy atom. The molecular formula is C30H31ClN2O4. The normalized spacial score (nSPS) is 17.9. The third-order valence-electron chi connectivity index (χ3n) is 7.43. The molecule has 0 saturated carbocycles. The first-order valence-electron chi connectivity index (χ1n) is 12.8. The van der Waals surface area contributed by atoms with Crippen molar-refractivity contribution in [2.24, 2.45) is 0 Å². The van der Waals surface area contributed by atoms with E-state index >= 15 is 0 Å². The molecule has 0 unspecified atom stereocenters. The standard InChI is InChI=1S/C30H31ClN2O4/c31-24-11-9-23(10-12-24)30(36)14-18-33(19-15-30)17-3-5-22-20-26-21(8-13-28(34)35)4-1-7-27(26)37-29-25(22)6-2-16-32-29/h1-2,4-7,9-12,16,36H,3,8,13-15,17-20H2,(H,34,35). The molecule has 37 heavy (non-hydrogen) atoms. The lowest BCUT2D eigenvalue weighted by Gasteiger charge is -2.38. The lowest BCUT2D eigenvalue weighted by molar-refractivity contribution is -0.136. The number of aliphatic hydroxyl groups is 1. The van der Waals surface area contributed by atoms with Crippen LogP contribution in [0.5, 0.6) is 11.6 Å². The van der Waals surface area contributed by atoms with Gasteiger partial charge in [-0.15, -0.1) is 0 Å². The number of hydrogen-bond acceptors (Lipinski definition) is 5. The SMILES string of the molecule is O=C(O)CCc1cccc2c1CC(=CCCN1CCC(O)(c3ccc(Cl)cc3)CC1)c1cccnc1O2. The van der Waals surface area contributed by atoms with E-state index in [9.17, 15) is 15.0 Å². The van der Waals surface area contributed by atoms with Gasteiger partial charge in [0, 0.05) is 54.8 Å². The molecule has 3 heterocycles. The van der Waals surface area contributed by atoms with Crippen molar-refractivity contribution in [3.8, 4) is 11.6 Å². The fourth-order valence-corrected chi connectivity index (χ4v) is 5.41. The van der Waals surface area contributed by atoms with Gasteiger partial charge in [-0.05, 0) is 72.7 Å². The number of carboxylic acids is 1. The molecule has 3 aromatic rings. The third-order valence-corrected chi connectivity index (χ3v) is 7.68. The van der Waals surface area contributed by atoms with E-state index in [1.54, 1.807) is 6.20 Å². The van der Waals surface area contributed by atoms with Crippen LogP contribution in [0.25, 0.3) is 5.57 Å². The van der Waals surface area contributed by atoms with Gasteiger partial charge in [-0.2, -0.15) is 0 Å². The van der Waals surface area contributed by atoms with E-state index in [0.29, 0.717) is 36.6 Å². The minimum atomic E-state index is -0.808. The summed E-state index contributed by atoms with van der Waals surface area (Å²) in [6.07, 6.45) is 7.42. The predicted molar refractivity (Wildman–Crippen MR) is 144 cm³/mol. The van der Waals surface area contributed by atoms with Crippen molar-refractivity contribution in [1.29, 1.82) is 0 Å². The second-order valence-electron chi connectivity index (χ2n) is 9.82. The summed E-state index contributed by atoms with van der Waals surface area (Å²) >= 11 is 6.02. The van der Waals surface area contributed by atoms with Crippen LogP contribution < -0.4 is 4.74 Å². The number of likely N-dealkylation sites (tertiary alicyclic amines) is 1. The number of allylic oxidation sites excluding steroid dienone is 1. The predicted octanol–water partition coefficient (Wildman–Crippen LogP) is 5.86. The number of rotatable bonds is 7. The average Bonchev–Trinajstić information content (AvgIpc) is 3.06. The van der Waals surface area contributed by atoms with E-state index in [4.69, 9.17) is 16.3 Å². The van der Waals surface area contributed by atoms with Gasteiger partial charge in [0.25, 0.3) is 0 Å². The van der Waals surface area contributed by atoms with Gasteiger partial charge in [0.15, 0.2) is 0 Å². The van der Waals surface area contributed by atoms with Crippen LogP contribution in [-0.4, -0.2) is 45.7 Å². The summed E-state index contributed by atoms with van der Waals surface area (Å²) < 4.78 is 6.20. The van der Waals surface area contributed by atoms with Gasteiger partial charge in [-0.3, -0.25) is 4.79 Å². The van der Waals surface area contributed by atoms with E-state index in [-0.39, 0.29) is 6.42 Å². The quantitative estimate of drug-likeness (QED) is 0.408. The van der Waals surface area contributed by atoms with Crippen LogP contribution in [0.15, 0.2) is 66.9 Å². The van der Waals surface area contributed by atoms with Crippen molar-refractivity contribution in [2.45, 2.75) is 44.1 Å². The fraction of sp³-hybridized carbons (Fsp3) is 0.333. The largest absolute Gasteiger partial charge is 0.481 e. The number of aromatic nitrogens is 1. The number of ether oxygens (including phenoxy) is 1. The van der Waals surface area contributed by atoms with E-state index in [0.717, 1.165) is 59.6 Å². The van der Waals surface area contributed by atoms with Gasteiger partial charge in [0.2, 0.25) is 5.88 Å². The molecule has 2 aromatic carbocycles. The molecule has 6 nitrogen and oxygen atoms in total. The molecule has 2 aliphatic heterocycles. The lowest BCUT2D eigenvalue weighted by atomic mass is 9.84. The summed E-state index contributed by atoms with van der Waals surface area (Å²) in [6.45, 7) is 2.54. The van der Waals surface area contributed by atoms with E-state index in [1.165, 1.54) is 0 Å². The first kappa shape index (κ1) is 25.5. The zero-order valence-corrected chi connectivity index (χ0v) is 21.5. The number of carbonyl (C=O) groups is 1. The fourth-order valence-electron chi connectivity index (χ4n) is 5.29. The Kier molecular flexibility index (Phi) is 7.60. The number of piperidine rings is 1. The highest BCUT2D eigenvalue weighted by Crippen LogP contribution is 2.39. The first-order chi connectivity index (χ1) is 17.9. The summed E-state index contributed by atoms with van der Waals surface area (Å²) in [5.41, 5.74) is 4.26. The number of aliphatic carboxylic acids is 1. The monoisotopic (exact) mass is 518 g/mol. The Morgan fingerprint density at radius 3 is 2.65 bits per heavy atom. The zero-order chi connectivity index (χ0) is 25.8. The van der Waals surface area contributed by atoms with Gasteiger partial charge in [-0.1, -0.05) is 41.9 Å². The summed E-state index contributed by atoms with van der Waals surface area (Å²) in [7, 11) is 0. The van der Waals surface area contributed by atoms with Crippen LogP contribution in [0.4, 0.5) is 0 Å². The van der Waals surface area contributed by atoms with Gasteiger partial charge in [0.1, 0.15) is 5.75 Å². The van der Waals surface area contributed by atoms with Gasteiger partial charge in [0.05, 0.1) is 5.60 Å². The first-order valence-corrected chi connectivity index (χ1v) is 13.1. The molecule has 7 heteroatoms. The number of hydrogen-bond donors (Lipinski definition) is 2. The number of fused-ring (bicyclic) bond motifs is 2. The van der Waals surface area contributed by atoms with Crippen molar-refractivity contribution in [2.75, 3.05) is 19.6 Å². The zero-order valence-electron chi connectivity index (χ0n) is 20.7. The molecule has 1 fully saturated rings. The molecular weight excluding hydrogens is 488 g/mol. The summed E-state index contributed by atoms with van der Waals surface area (Å²) in [5.74, 6) is 0.509. The van der Waals surface area contributed by atoms with Gasteiger partial charge >= 0.3 is 5.97 Å². The number of halogens is 1. The van der Waals surface area contributed by atoms with Crippen LogP contribution in [-0.2, 0) is 23.2 Å². The third kappa shape index (κ3) is 5.87. The van der Waals surface area contributed by atoms with Crippen LogP contribution in [0.1, 0.15) is 47.9 Å². The highest BCUT2D eigenvalue weighted by atomic mass is 35.5. The second-order valence-corrected chi connectivity index (χ2v) is 10.3. The molecule has 2 aliphatic rings. The molecule has 0 aliphatic carbocycles. The summed E-state index contributed by atoms with van der Waals surface area (Å²) in [6, 6.07) is 17.3. The van der Waals surface area contributed by atoms with Crippen molar-refractivity contribution in [3.05, 3.63) is 94.1 Å². The number of nitrogens with zero attached hydrogens (tertiary/aromatic N) is 2. The highest BCUT2D eigenvalue weighted by molar-refractivity contribution is 6.30. The highest BCUT2D eigenvalue weighted by Gasteiger charge is 2.33. The maximum absolute atomic E-state index is 11.2. The second kappa shape index (κ2) is 11.1. The number of carboxylic acid groups (broad SMARTS) is 1. The Labute approximate surface area is 222 Å². The maximum Gasteiger partial charge on any atom is 0.303 e. The van der Waals surface area contributed by atoms with Crippen molar-refractivity contribution >= 4 is 23.1 Å². The van der Waals surface area contributed by atoms with Crippen molar-refractivity contribution in [1.82, 2.24) is 9.88 Å². The lowest BCUT2D eigenvalue weighted by Crippen LogP contribution is -2.42. The van der Waals surface area contributed by atoms with Crippen molar-refractivity contribution in [3.63, 3.8) is 0 Å². The van der Waals surface area contributed by atoms with Gasteiger partial charge in [-0.25, -0.2) is 4.98 Å². The van der Waals surface area contributed by atoms with Crippen LogP contribution in [0.3, 0.4) is 0 Å². The molecule has 2 N–H and O–H groups in total.